The zero-order chi connectivity index (χ0) is 52.9. The normalized spacial score (nSPS) is 13.1. The van der Waals surface area contributed by atoms with Gasteiger partial charge in [0.05, 0.1) is 0 Å². The molecule has 0 aliphatic heterocycles. The zero-order valence-electron chi connectivity index (χ0n) is 47.1. The molecule has 0 aliphatic rings. The van der Waals surface area contributed by atoms with Crippen molar-refractivity contribution in [2.45, 2.75) is 258 Å². The molecule has 0 rings (SSSR count). The quantitative estimate of drug-likeness (QED) is 0.0261. The second kappa shape index (κ2) is 60.1. The van der Waals surface area contributed by atoms with Crippen LogP contribution in [0.3, 0.4) is 0 Å². The summed E-state index contributed by atoms with van der Waals surface area (Å²) in [5, 5.41) is 0. The molecule has 0 bridgehead atoms. The average Bonchev–Trinajstić information content (AvgIpc) is 3.39. The number of hydrogen-bond acceptors (Lipinski definition) is 6. The van der Waals surface area contributed by atoms with E-state index in [1.54, 1.807) is 0 Å². The van der Waals surface area contributed by atoms with Crippen molar-refractivity contribution in [3.05, 3.63) is 134 Å². The van der Waals surface area contributed by atoms with E-state index in [0.29, 0.717) is 19.3 Å². The van der Waals surface area contributed by atoms with Crippen molar-refractivity contribution in [3.8, 4) is 0 Å². The van der Waals surface area contributed by atoms with Crippen LogP contribution in [0.1, 0.15) is 252 Å². The molecule has 0 fully saturated rings. The predicted molar refractivity (Wildman–Crippen MR) is 316 cm³/mol. The van der Waals surface area contributed by atoms with Gasteiger partial charge in [0.2, 0.25) is 0 Å². The van der Waals surface area contributed by atoms with Gasteiger partial charge in [-0.25, -0.2) is 0 Å². The molecule has 0 amide bonds. The topological polar surface area (TPSA) is 78.9 Å². The van der Waals surface area contributed by atoms with E-state index in [1.165, 1.54) is 44.9 Å². The maximum absolute atomic E-state index is 12.8. The summed E-state index contributed by atoms with van der Waals surface area (Å²) < 4.78 is 16.8. The first-order valence-corrected chi connectivity index (χ1v) is 29.7. The average molecular weight is 1010 g/mol. The standard InChI is InChI=1S/C67H108O6/c1-4-7-10-13-16-19-22-24-26-28-29-30-31-32-33-34-35-36-37-38-39-40-42-43-45-48-51-54-57-60-66(69)72-63-64(62-71-65(68)59-56-53-50-47-21-18-15-12-9-6-3)73-67(70)61-58-55-52-49-46-44-41-27-25-23-20-17-14-11-8-5-2/h7,10,12,15-16,19-20,23-24,26-27,29-30,32-33,35-36,38-39,41-43,64H,4-6,8-9,11,13-14,17-18,21-22,25,28,31,34,37,40,44-63H2,1-3H3/b10-7-,15-12-,19-16-,23-20-,26-24-,30-29-,33-32-,36-35-,39-38-,41-27-,43-42-. The van der Waals surface area contributed by atoms with Gasteiger partial charge in [0.15, 0.2) is 6.10 Å². The Morgan fingerprint density at radius 3 is 0.904 bits per heavy atom. The molecule has 0 saturated carbocycles. The van der Waals surface area contributed by atoms with Crippen LogP contribution in [0.25, 0.3) is 0 Å². The molecule has 0 aromatic heterocycles. The minimum Gasteiger partial charge on any atom is -0.462 e. The maximum Gasteiger partial charge on any atom is 0.306 e. The van der Waals surface area contributed by atoms with Gasteiger partial charge in [-0.2, -0.15) is 0 Å². The second-order valence-corrected chi connectivity index (χ2v) is 19.2. The first-order chi connectivity index (χ1) is 36.0. The van der Waals surface area contributed by atoms with Crippen LogP contribution in [0, 0.1) is 0 Å². The van der Waals surface area contributed by atoms with Gasteiger partial charge in [-0.1, -0.05) is 231 Å². The van der Waals surface area contributed by atoms with Crippen molar-refractivity contribution in [2.75, 3.05) is 13.2 Å². The molecule has 73 heavy (non-hydrogen) atoms. The molecule has 412 valence electrons. The smallest absolute Gasteiger partial charge is 0.306 e. The minimum absolute atomic E-state index is 0.100. The summed E-state index contributed by atoms with van der Waals surface area (Å²) in [6, 6.07) is 0. The van der Waals surface area contributed by atoms with Crippen molar-refractivity contribution in [1.82, 2.24) is 0 Å². The van der Waals surface area contributed by atoms with Crippen molar-refractivity contribution < 1.29 is 28.6 Å². The lowest BCUT2D eigenvalue weighted by atomic mass is 10.1. The maximum atomic E-state index is 12.8. The number of carbonyl (C=O) groups is 3. The van der Waals surface area contributed by atoms with Crippen LogP contribution in [0.4, 0.5) is 0 Å². The molecule has 0 N–H and O–H groups in total. The number of allylic oxidation sites excluding steroid dienone is 22. The third kappa shape index (κ3) is 58.3. The van der Waals surface area contributed by atoms with Crippen LogP contribution in [-0.4, -0.2) is 37.2 Å². The fraction of sp³-hybridized carbons (Fsp3) is 0.627. The molecule has 1 atom stereocenters. The molecule has 0 heterocycles. The highest BCUT2D eigenvalue weighted by molar-refractivity contribution is 5.71. The van der Waals surface area contributed by atoms with Gasteiger partial charge in [0.25, 0.3) is 0 Å². The monoisotopic (exact) mass is 1010 g/mol. The van der Waals surface area contributed by atoms with Gasteiger partial charge in [-0.05, 0) is 135 Å². The van der Waals surface area contributed by atoms with E-state index in [-0.39, 0.29) is 31.1 Å². The zero-order valence-corrected chi connectivity index (χ0v) is 47.1. The summed E-state index contributed by atoms with van der Waals surface area (Å²) in [6.07, 6.45) is 84.5. The minimum atomic E-state index is -0.804. The Morgan fingerprint density at radius 2 is 0.562 bits per heavy atom. The molecule has 0 aliphatic carbocycles. The predicted octanol–water partition coefficient (Wildman–Crippen LogP) is 20.2. The Labute approximate surface area is 449 Å². The lowest BCUT2D eigenvalue weighted by molar-refractivity contribution is -0.167. The number of rotatable bonds is 52. The number of esters is 3. The van der Waals surface area contributed by atoms with Crippen molar-refractivity contribution in [2.24, 2.45) is 0 Å². The van der Waals surface area contributed by atoms with Crippen molar-refractivity contribution in [3.63, 3.8) is 0 Å². The molecule has 0 spiro atoms. The Balaban J connectivity index is 4.36. The Hall–Kier alpha value is -4.45. The van der Waals surface area contributed by atoms with E-state index >= 15 is 0 Å². The summed E-state index contributed by atoms with van der Waals surface area (Å²) >= 11 is 0. The Morgan fingerprint density at radius 1 is 0.288 bits per heavy atom. The largest absolute Gasteiger partial charge is 0.462 e. The summed E-state index contributed by atoms with van der Waals surface area (Å²) in [5.74, 6) is -0.954. The summed E-state index contributed by atoms with van der Waals surface area (Å²) in [7, 11) is 0. The van der Waals surface area contributed by atoms with E-state index in [2.05, 4.69) is 154 Å². The summed E-state index contributed by atoms with van der Waals surface area (Å²) in [4.78, 5) is 38.1. The molecule has 0 saturated heterocycles. The lowest BCUT2D eigenvalue weighted by Gasteiger charge is -2.18. The van der Waals surface area contributed by atoms with E-state index in [0.717, 1.165) is 167 Å². The molecule has 0 radical (unpaired) electrons. The third-order valence-corrected chi connectivity index (χ3v) is 12.1. The first kappa shape index (κ1) is 68.6. The van der Waals surface area contributed by atoms with Crippen LogP contribution in [-0.2, 0) is 28.6 Å². The molecular weight excluding hydrogens is 901 g/mol. The van der Waals surface area contributed by atoms with Gasteiger partial charge in [-0.3, -0.25) is 14.4 Å². The molecule has 6 nitrogen and oxygen atoms in total. The van der Waals surface area contributed by atoms with Crippen molar-refractivity contribution >= 4 is 17.9 Å². The molecule has 0 aromatic rings. The number of unbranched alkanes of at least 4 members (excludes halogenated alkanes) is 19. The van der Waals surface area contributed by atoms with Crippen molar-refractivity contribution in [1.29, 1.82) is 0 Å². The summed E-state index contributed by atoms with van der Waals surface area (Å²) in [6.45, 7) is 6.40. The van der Waals surface area contributed by atoms with Crippen LogP contribution in [0.2, 0.25) is 0 Å². The first-order valence-electron chi connectivity index (χ1n) is 29.7. The van der Waals surface area contributed by atoms with Crippen LogP contribution < -0.4 is 0 Å². The van der Waals surface area contributed by atoms with Crippen LogP contribution >= 0.6 is 0 Å². The number of hydrogen-bond donors (Lipinski definition) is 0. The highest BCUT2D eigenvalue weighted by atomic mass is 16.6. The second-order valence-electron chi connectivity index (χ2n) is 19.2. The van der Waals surface area contributed by atoms with Gasteiger partial charge in [-0.15, -0.1) is 0 Å². The van der Waals surface area contributed by atoms with Crippen LogP contribution in [0.15, 0.2) is 134 Å². The van der Waals surface area contributed by atoms with E-state index in [4.69, 9.17) is 14.2 Å². The van der Waals surface area contributed by atoms with Gasteiger partial charge < -0.3 is 14.2 Å². The van der Waals surface area contributed by atoms with E-state index in [9.17, 15) is 14.4 Å². The highest BCUT2D eigenvalue weighted by Gasteiger charge is 2.19. The van der Waals surface area contributed by atoms with E-state index < -0.39 is 6.10 Å². The van der Waals surface area contributed by atoms with Gasteiger partial charge in [0, 0.05) is 19.3 Å². The molecule has 0 aromatic carbocycles. The van der Waals surface area contributed by atoms with E-state index in [1.807, 2.05) is 0 Å². The van der Waals surface area contributed by atoms with Gasteiger partial charge >= 0.3 is 17.9 Å². The summed E-state index contributed by atoms with van der Waals surface area (Å²) in [5.41, 5.74) is 0. The van der Waals surface area contributed by atoms with Gasteiger partial charge in [0.1, 0.15) is 13.2 Å². The van der Waals surface area contributed by atoms with Crippen LogP contribution in [0.5, 0.6) is 0 Å². The Kier molecular flexibility index (Phi) is 56.4. The SMILES string of the molecule is CC/C=C\C/C=C\C/C=C\C/C=C\C/C=C\C/C=C\C/C=C\C/C=C\CCCCCCC(=O)OCC(COC(=O)CCCCCCC/C=C\CCC)OC(=O)CCCCCCC/C=C\C/C=C\CCCCCC. The fourth-order valence-electron chi connectivity index (χ4n) is 7.67. The Bertz CT molecular complexity index is 1580. The number of ether oxygens (including phenoxy) is 3. The fourth-order valence-corrected chi connectivity index (χ4v) is 7.67. The lowest BCUT2D eigenvalue weighted by Crippen LogP contribution is -2.30. The molecule has 6 heteroatoms. The molecule has 1 unspecified atom stereocenters. The third-order valence-electron chi connectivity index (χ3n) is 12.1. The number of carbonyl (C=O) groups excluding carboxylic acids is 3. The molecular formula is C67H108O6. The highest BCUT2D eigenvalue weighted by Crippen LogP contribution is 2.13.